The average Bonchev–Trinajstić information content (AvgIpc) is 3.89. The topological polar surface area (TPSA) is 3.24 Å². The Bertz CT molecular complexity index is 3220. The molecule has 61 heavy (non-hydrogen) atoms. The summed E-state index contributed by atoms with van der Waals surface area (Å²) < 4.78 is 2.64. The minimum absolute atomic E-state index is 0.303. The number of para-hydroxylation sites is 1. The van der Waals surface area contributed by atoms with Gasteiger partial charge < -0.3 is 4.90 Å². The Balaban J connectivity index is 0.862. The molecule has 4 heteroatoms. The fraction of sp³-hybridized carbons (Fsp3) is 0.0526. The molecule has 1 aliphatic heterocycles. The molecular formula is C57H39NS3. The molecule has 10 aromatic rings. The van der Waals surface area contributed by atoms with E-state index < -0.39 is 0 Å². The molecule has 290 valence electrons. The molecule has 12 rings (SSSR count). The Labute approximate surface area is 369 Å². The second-order valence-electron chi connectivity index (χ2n) is 16.0. The van der Waals surface area contributed by atoms with Crippen molar-refractivity contribution < 1.29 is 0 Å². The van der Waals surface area contributed by atoms with E-state index in [9.17, 15) is 0 Å². The maximum atomic E-state index is 2.47. The first-order valence-electron chi connectivity index (χ1n) is 20.9. The SMILES string of the molecule is c1ccc(C(Cc2ccc3c(c2)-c2cccc(-c4ccc5c(c4)Sc4cc(N(c6ccccc6)c6ccc7sc8ccccc8c7c6)ccc4S5)c2C3)c2ccccc2)cc1. The van der Waals surface area contributed by atoms with Gasteiger partial charge in [-0.05, 0) is 130 Å². The Morgan fingerprint density at radius 2 is 1.07 bits per heavy atom. The number of nitrogens with zero attached hydrogens (tertiary/aromatic N) is 1. The van der Waals surface area contributed by atoms with Gasteiger partial charge in [0.25, 0.3) is 0 Å². The first-order chi connectivity index (χ1) is 30.2. The van der Waals surface area contributed by atoms with E-state index in [1.807, 2.05) is 34.9 Å². The van der Waals surface area contributed by atoms with Crippen LogP contribution >= 0.6 is 34.9 Å². The third kappa shape index (κ3) is 6.67. The number of hydrogen-bond donors (Lipinski definition) is 0. The molecule has 0 unspecified atom stereocenters. The molecule has 2 heterocycles. The van der Waals surface area contributed by atoms with E-state index in [0.29, 0.717) is 5.92 Å². The van der Waals surface area contributed by atoms with Crippen molar-refractivity contribution in [1.29, 1.82) is 0 Å². The molecule has 0 spiro atoms. The summed E-state index contributed by atoms with van der Waals surface area (Å²) in [6.45, 7) is 0. The van der Waals surface area contributed by atoms with Gasteiger partial charge in [-0.25, -0.2) is 0 Å². The van der Waals surface area contributed by atoms with Crippen molar-refractivity contribution in [3.05, 3.63) is 234 Å². The minimum atomic E-state index is 0.303. The fourth-order valence-electron chi connectivity index (χ4n) is 9.43. The number of fused-ring (bicyclic) bond motifs is 8. The standard InChI is InChI=1S/C57H39NS3/c1-4-13-38(14-5-1)48(39-15-6-2-7-16-39)31-37-23-24-40-33-50-45(20-12-21-46(50)49(40)32-37)41-25-28-54-56(34-41)61-57-36-44(27-30-55(57)60-54)58(42-17-8-3-9-18-42)43-26-29-53-51(35-43)47-19-10-11-22-52(47)59-53/h1-30,32,34-36,48H,31,33H2. The summed E-state index contributed by atoms with van der Waals surface area (Å²) >= 11 is 5.65. The average molecular weight is 834 g/mol. The van der Waals surface area contributed by atoms with Crippen molar-refractivity contribution in [3.8, 4) is 22.3 Å². The largest absolute Gasteiger partial charge is 0.310 e. The summed E-state index contributed by atoms with van der Waals surface area (Å²) in [5.74, 6) is 0.303. The Morgan fingerprint density at radius 3 is 1.87 bits per heavy atom. The Kier molecular flexibility index (Phi) is 9.17. The Hall–Kier alpha value is -6.30. The van der Waals surface area contributed by atoms with Gasteiger partial charge in [0, 0.05) is 62.7 Å². The number of hydrogen-bond acceptors (Lipinski definition) is 4. The molecule has 9 aromatic carbocycles. The molecular weight excluding hydrogens is 795 g/mol. The zero-order chi connectivity index (χ0) is 40.3. The fourth-order valence-corrected chi connectivity index (χ4v) is 12.8. The van der Waals surface area contributed by atoms with Crippen LogP contribution in [0.5, 0.6) is 0 Å². The van der Waals surface area contributed by atoms with Gasteiger partial charge in [0.05, 0.1) is 0 Å². The molecule has 2 aliphatic rings. The third-order valence-electron chi connectivity index (χ3n) is 12.4. The van der Waals surface area contributed by atoms with E-state index in [2.05, 4.69) is 211 Å². The molecule has 1 aromatic heterocycles. The summed E-state index contributed by atoms with van der Waals surface area (Å²) in [6.07, 6.45) is 1.92. The van der Waals surface area contributed by atoms with Crippen molar-refractivity contribution >= 4 is 72.1 Å². The van der Waals surface area contributed by atoms with Crippen LogP contribution in [-0.4, -0.2) is 0 Å². The highest BCUT2D eigenvalue weighted by Gasteiger charge is 2.26. The molecule has 0 atom stereocenters. The quantitative estimate of drug-likeness (QED) is 0.150. The van der Waals surface area contributed by atoms with E-state index in [-0.39, 0.29) is 0 Å². The van der Waals surface area contributed by atoms with Gasteiger partial charge in [-0.15, -0.1) is 11.3 Å². The summed E-state index contributed by atoms with van der Waals surface area (Å²) in [6, 6.07) is 76.6. The van der Waals surface area contributed by atoms with Crippen molar-refractivity contribution in [2.45, 2.75) is 38.3 Å². The predicted octanol–water partition coefficient (Wildman–Crippen LogP) is 16.8. The summed E-state index contributed by atoms with van der Waals surface area (Å²) in [7, 11) is 0. The van der Waals surface area contributed by atoms with Gasteiger partial charge in [-0.1, -0.05) is 163 Å². The van der Waals surface area contributed by atoms with Crippen LogP contribution in [0.4, 0.5) is 17.1 Å². The van der Waals surface area contributed by atoms with E-state index >= 15 is 0 Å². The first kappa shape index (κ1) is 36.5. The highest BCUT2D eigenvalue weighted by molar-refractivity contribution is 8.05. The minimum Gasteiger partial charge on any atom is -0.310 e. The van der Waals surface area contributed by atoms with Gasteiger partial charge in [-0.2, -0.15) is 0 Å². The van der Waals surface area contributed by atoms with Crippen molar-refractivity contribution in [2.75, 3.05) is 4.90 Å². The maximum absolute atomic E-state index is 2.47. The second-order valence-corrected chi connectivity index (χ2v) is 19.3. The van der Waals surface area contributed by atoms with E-state index in [0.717, 1.165) is 29.9 Å². The summed E-state index contributed by atoms with van der Waals surface area (Å²) in [4.78, 5) is 7.62. The Morgan fingerprint density at radius 1 is 0.426 bits per heavy atom. The number of rotatable bonds is 8. The highest BCUT2D eigenvalue weighted by atomic mass is 32.2. The van der Waals surface area contributed by atoms with Gasteiger partial charge in [0.15, 0.2) is 0 Å². The number of benzene rings is 9. The van der Waals surface area contributed by atoms with E-state index in [1.165, 1.54) is 89.8 Å². The van der Waals surface area contributed by atoms with Crippen LogP contribution in [0.15, 0.2) is 226 Å². The number of anilines is 3. The first-order valence-corrected chi connectivity index (χ1v) is 23.4. The van der Waals surface area contributed by atoms with Crippen molar-refractivity contribution in [3.63, 3.8) is 0 Å². The summed E-state index contributed by atoms with van der Waals surface area (Å²) in [5.41, 5.74) is 15.8. The van der Waals surface area contributed by atoms with Gasteiger partial charge in [0.1, 0.15) is 0 Å². The van der Waals surface area contributed by atoms with Crippen LogP contribution in [0.25, 0.3) is 42.4 Å². The molecule has 1 nitrogen and oxygen atoms in total. The number of thiophene rings is 1. The van der Waals surface area contributed by atoms with Crippen LogP contribution in [0.1, 0.15) is 33.7 Å². The van der Waals surface area contributed by atoms with E-state index in [4.69, 9.17) is 0 Å². The molecule has 0 bridgehead atoms. The zero-order valence-electron chi connectivity index (χ0n) is 33.3. The van der Waals surface area contributed by atoms with Gasteiger partial charge >= 0.3 is 0 Å². The zero-order valence-corrected chi connectivity index (χ0v) is 35.7. The van der Waals surface area contributed by atoms with Crippen LogP contribution in [0.2, 0.25) is 0 Å². The van der Waals surface area contributed by atoms with Crippen LogP contribution < -0.4 is 4.90 Å². The molecule has 1 aliphatic carbocycles. The molecule has 0 saturated carbocycles. The van der Waals surface area contributed by atoms with Crippen LogP contribution in [0, 0.1) is 0 Å². The molecule has 0 N–H and O–H groups in total. The molecule has 0 fully saturated rings. The summed E-state index contributed by atoms with van der Waals surface area (Å²) in [5, 5.41) is 2.62. The normalized spacial score (nSPS) is 12.6. The maximum Gasteiger partial charge on any atom is 0.0473 e. The van der Waals surface area contributed by atoms with Gasteiger partial charge in [0.2, 0.25) is 0 Å². The van der Waals surface area contributed by atoms with Crippen molar-refractivity contribution in [2.24, 2.45) is 0 Å². The second kappa shape index (κ2) is 15.3. The lowest BCUT2D eigenvalue weighted by Crippen LogP contribution is -2.10. The van der Waals surface area contributed by atoms with Crippen LogP contribution in [0.3, 0.4) is 0 Å². The van der Waals surface area contributed by atoms with E-state index in [1.54, 1.807) is 0 Å². The molecule has 0 radical (unpaired) electrons. The lowest BCUT2D eigenvalue weighted by Gasteiger charge is -2.27. The monoisotopic (exact) mass is 833 g/mol. The molecule has 0 amide bonds. The smallest absolute Gasteiger partial charge is 0.0473 e. The third-order valence-corrected chi connectivity index (χ3v) is 16.0. The molecule has 0 saturated heterocycles. The lowest BCUT2D eigenvalue weighted by molar-refractivity contribution is 0.805. The predicted molar refractivity (Wildman–Crippen MR) is 261 cm³/mol. The van der Waals surface area contributed by atoms with Crippen LogP contribution in [-0.2, 0) is 12.8 Å². The van der Waals surface area contributed by atoms with Crippen molar-refractivity contribution in [1.82, 2.24) is 0 Å². The lowest BCUT2D eigenvalue weighted by atomic mass is 9.85. The highest BCUT2D eigenvalue weighted by Crippen LogP contribution is 2.52. The van der Waals surface area contributed by atoms with Gasteiger partial charge in [-0.3, -0.25) is 0 Å².